The number of carbonyl (C=O) groups is 1. The average Bonchev–Trinajstić information content (AvgIpc) is 2.38. The molecule has 0 spiro atoms. The minimum Gasteiger partial charge on any atom is -0.507 e. The molecule has 0 saturated heterocycles. The number of phenols is 1. The van der Waals surface area contributed by atoms with E-state index in [0.717, 1.165) is 0 Å². The van der Waals surface area contributed by atoms with E-state index in [1.807, 2.05) is 13.0 Å². The van der Waals surface area contributed by atoms with Crippen molar-refractivity contribution < 1.29 is 14.6 Å². The van der Waals surface area contributed by atoms with E-state index in [0.29, 0.717) is 12.2 Å². The Balaban J connectivity index is 2.86. The van der Waals surface area contributed by atoms with Crippen molar-refractivity contribution >= 4 is 5.91 Å². The number of methoxy groups -OCH3 is 1. The predicted molar refractivity (Wildman–Crippen MR) is 66.4 cm³/mol. The molecule has 1 unspecified atom stereocenters. The summed E-state index contributed by atoms with van der Waals surface area (Å²) in [6.45, 7) is 1.88. The lowest BCUT2D eigenvalue weighted by Gasteiger charge is -2.14. The minimum absolute atomic E-state index is 0.111. The Hall–Kier alpha value is -2.22. The van der Waals surface area contributed by atoms with Gasteiger partial charge < -0.3 is 15.2 Å². The number of ether oxygens (including phenoxy) is 1. The number of nitrogens with zero attached hydrogens (tertiary/aromatic N) is 1. The molecule has 0 bridgehead atoms. The summed E-state index contributed by atoms with van der Waals surface area (Å²) >= 11 is 0. The molecule has 0 radical (unpaired) electrons. The van der Waals surface area contributed by atoms with Crippen LogP contribution in [0, 0.1) is 11.3 Å². The summed E-state index contributed by atoms with van der Waals surface area (Å²) in [6.07, 6.45) is 0.900. The fraction of sp³-hybridized carbons (Fsp3) is 0.385. The topological polar surface area (TPSA) is 82.4 Å². The molecule has 0 aliphatic rings. The second-order valence-corrected chi connectivity index (χ2v) is 3.82. The molecular weight excluding hydrogens is 232 g/mol. The number of rotatable bonds is 5. The summed E-state index contributed by atoms with van der Waals surface area (Å²) in [7, 11) is 1.48. The van der Waals surface area contributed by atoms with Gasteiger partial charge in [-0.3, -0.25) is 4.79 Å². The van der Waals surface area contributed by atoms with Crippen molar-refractivity contribution in [1.82, 2.24) is 5.32 Å². The Kier molecular flexibility index (Phi) is 5.00. The highest BCUT2D eigenvalue weighted by Crippen LogP contribution is 2.22. The second-order valence-electron chi connectivity index (χ2n) is 3.82. The molecule has 1 rings (SSSR count). The van der Waals surface area contributed by atoms with Gasteiger partial charge in [0.05, 0.1) is 25.2 Å². The van der Waals surface area contributed by atoms with Gasteiger partial charge in [-0.25, -0.2) is 0 Å². The summed E-state index contributed by atoms with van der Waals surface area (Å²) in [5.41, 5.74) is 0.144. The fourth-order valence-electron chi connectivity index (χ4n) is 1.49. The quantitative estimate of drug-likeness (QED) is 0.832. The number of nitrogens with one attached hydrogen (secondary N) is 1. The van der Waals surface area contributed by atoms with E-state index in [4.69, 9.17) is 10.00 Å². The van der Waals surface area contributed by atoms with Crippen LogP contribution >= 0.6 is 0 Å². The molecule has 1 aromatic carbocycles. The van der Waals surface area contributed by atoms with E-state index in [1.54, 1.807) is 6.07 Å². The highest BCUT2D eigenvalue weighted by Gasteiger charge is 2.16. The normalized spacial score (nSPS) is 11.4. The fourth-order valence-corrected chi connectivity index (χ4v) is 1.49. The van der Waals surface area contributed by atoms with Crippen LogP contribution in [-0.4, -0.2) is 24.2 Å². The molecular formula is C13H16N2O3. The van der Waals surface area contributed by atoms with Gasteiger partial charge in [-0.15, -0.1) is 0 Å². The number of hydrogen-bond acceptors (Lipinski definition) is 4. The molecule has 0 heterocycles. The molecule has 0 saturated carbocycles. The zero-order chi connectivity index (χ0) is 13.5. The summed E-state index contributed by atoms with van der Waals surface area (Å²) in [5.74, 6) is -0.0279. The van der Waals surface area contributed by atoms with Crippen LogP contribution < -0.4 is 10.1 Å². The number of carbonyl (C=O) groups excluding carboxylic acids is 1. The number of hydrogen-bond donors (Lipinski definition) is 2. The van der Waals surface area contributed by atoms with Crippen LogP contribution in [0.1, 0.15) is 30.1 Å². The van der Waals surface area contributed by atoms with E-state index in [9.17, 15) is 9.90 Å². The molecule has 5 nitrogen and oxygen atoms in total. The van der Waals surface area contributed by atoms with E-state index < -0.39 is 5.91 Å². The van der Waals surface area contributed by atoms with Crippen LogP contribution in [0.2, 0.25) is 0 Å². The monoisotopic (exact) mass is 248 g/mol. The standard InChI is InChI=1S/C13H16N2O3/c1-3-9(6-7-14)15-13(17)11-8-10(18-2)4-5-12(11)16/h4-5,8-9,16H,3,6H2,1-2H3,(H,15,17). The van der Waals surface area contributed by atoms with Crippen molar-refractivity contribution in [3.8, 4) is 17.6 Å². The van der Waals surface area contributed by atoms with Crippen molar-refractivity contribution in [2.24, 2.45) is 0 Å². The Morgan fingerprint density at radius 3 is 2.89 bits per heavy atom. The molecule has 96 valence electrons. The predicted octanol–water partition coefficient (Wildman–Crippen LogP) is 1.82. The Morgan fingerprint density at radius 1 is 1.61 bits per heavy atom. The Labute approximate surface area is 106 Å². The molecule has 0 aliphatic carbocycles. The molecule has 1 atom stereocenters. The van der Waals surface area contributed by atoms with E-state index in [-0.39, 0.29) is 23.8 Å². The van der Waals surface area contributed by atoms with Crippen molar-refractivity contribution in [2.75, 3.05) is 7.11 Å². The summed E-state index contributed by atoms with van der Waals surface area (Å²) in [6, 6.07) is 6.23. The molecule has 1 amide bonds. The van der Waals surface area contributed by atoms with E-state index in [1.165, 1.54) is 19.2 Å². The van der Waals surface area contributed by atoms with Crippen LogP contribution in [-0.2, 0) is 0 Å². The number of aromatic hydroxyl groups is 1. The first kappa shape index (κ1) is 13.8. The number of amides is 1. The lowest BCUT2D eigenvalue weighted by molar-refractivity contribution is 0.0933. The lowest BCUT2D eigenvalue weighted by atomic mass is 10.1. The first-order valence-corrected chi connectivity index (χ1v) is 5.67. The summed E-state index contributed by atoms with van der Waals surface area (Å²) in [5, 5.41) is 21.0. The minimum atomic E-state index is -0.409. The van der Waals surface area contributed by atoms with Crippen molar-refractivity contribution in [1.29, 1.82) is 5.26 Å². The van der Waals surface area contributed by atoms with Gasteiger partial charge in [0, 0.05) is 6.04 Å². The third-order valence-corrected chi connectivity index (χ3v) is 2.61. The Morgan fingerprint density at radius 2 is 2.33 bits per heavy atom. The van der Waals surface area contributed by atoms with Gasteiger partial charge in [0.1, 0.15) is 11.5 Å². The van der Waals surface area contributed by atoms with Gasteiger partial charge in [0.25, 0.3) is 5.91 Å². The van der Waals surface area contributed by atoms with Crippen molar-refractivity contribution in [3.63, 3.8) is 0 Å². The van der Waals surface area contributed by atoms with E-state index >= 15 is 0 Å². The second kappa shape index (κ2) is 6.50. The van der Waals surface area contributed by atoms with Crippen LogP contribution in [0.25, 0.3) is 0 Å². The first-order chi connectivity index (χ1) is 8.62. The van der Waals surface area contributed by atoms with Gasteiger partial charge in [-0.1, -0.05) is 6.92 Å². The maximum Gasteiger partial charge on any atom is 0.255 e. The molecule has 18 heavy (non-hydrogen) atoms. The van der Waals surface area contributed by atoms with Crippen molar-refractivity contribution in [2.45, 2.75) is 25.8 Å². The molecule has 2 N–H and O–H groups in total. The SMILES string of the molecule is CCC(CC#N)NC(=O)c1cc(OC)ccc1O. The van der Waals surface area contributed by atoms with Gasteiger partial charge in [-0.2, -0.15) is 5.26 Å². The zero-order valence-electron chi connectivity index (χ0n) is 10.4. The molecule has 0 fully saturated rings. The van der Waals surface area contributed by atoms with Crippen molar-refractivity contribution in [3.05, 3.63) is 23.8 Å². The van der Waals surface area contributed by atoms with E-state index in [2.05, 4.69) is 5.32 Å². The third kappa shape index (κ3) is 3.39. The maximum absolute atomic E-state index is 11.9. The van der Waals surface area contributed by atoms with Crippen LogP contribution in [0.4, 0.5) is 0 Å². The maximum atomic E-state index is 11.9. The molecule has 0 aromatic heterocycles. The highest BCUT2D eigenvalue weighted by atomic mass is 16.5. The number of nitriles is 1. The lowest BCUT2D eigenvalue weighted by Crippen LogP contribution is -2.34. The number of phenolic OH excluding ortho intramolecular Hbond substituents is 1. The zero-order valence-corrected chi connectivity index (χ0v) is 10.4. The van der Waals surface area contributed by atoms with Crippen LogP contribution in [0.3, 0.4) is 0 Å². The van der Waals surface area contributed by atoms with Gasteiger partial charge in [0.15, 0.2) is 0 Å². The van der Waals surface area contributed by atoms with Gasteiger partial charge in [0.2, 0.25) is 0 Å². The largest absolute Gasteiger partial charge is 0.507 e. The third-order valence-electron chi connectivity index (χ3n) is 2.61. The Bertz CT molecular complexity index is 466. The van der Waals surface area contributed by atoms with Crippen LogP contribution in [0.5, 0.6) is 11.5 Å². The van der Waals surface area contributed by atoms with Gasteiger partial charge in [-0.05, 0) is 24.6 Å². The molecule has 1 aromatic rings. The highest BCUT2D eigenvalue weighted by molar-refractivity contribution is 5.97. The molecule has 0 aliphatic heterocycles. The summed E-state index contributed by atoms with van der Waals surface area (Å²) in [4.78, 5) is 11.9. The molecule has 5 heteroatoms. The first-order valence-electron chi connectivity index (χ1n) is 5.67. The average molecular weight is 248 g/mol. The van der Waals surface area contributed by atoms with Crippen LogP contribution in [0.15, 0.2) is 18.2 Å². The number of benzene rings is 1. The van der Waals surface area contributed by atoms with Gasteiger partial charge >= 0.3 is 0 Å². The summed E-state index contributed by atoms with van der Waals surface area (Å²) < 4.78 is 5.00. The smallest absolute Gasteiger partial charge is 0.255 e.